The molecule has 3 aliphatic rings. The van der Waals surface area contributed by atoms with Crippen LogP contribution in [0.1, 0.15) is 27.5 Å². The summed E-state index contributed by atoms with van der Waals surface area (Å²) in [6, 6.07) is 22.4. The van der Waals surface area contributed by atoms with Gasteiger partial charge in [0, 0.05) is 18.3 Å². The number of nitrogens with zero attached hydrogens (tertiary/aromatic N) is 2. The number of para-hydroxylation sites is 1. The highest BCUT2D eigenvalue weighted by molar-refractivity contribution is 6.52. The number of ether oxygens (including phenoxy) is 5. The Kier molecular flexibility index (Phi) is 7.37. The van der Waals surface area contributed by atoms with Crippen molar-refractivity contribution >= 4 is 34.9 Å². The Morgan fingerprint density at radius 3 is 2.26 bits per heavy atom. The van der Waals surface area contributed by atoms with Crippen LogP contribution in [0.3, 0.4) is 0 Å². The molecule has 3 aliphatic heterocycles. The van der Waals surface area contributed by atoms with Gasteiger partial charge >= 0.3 is 0 Å². The van der Waals surface area contributed by atoms with Gasteiger partial charge in [0.15, 0.2) is 23.0 Å². The Balaban J connectivity index is 1.28. The molecule has 0 saturated heterocycles. The number of methoxy groups -OCH3 is 1. The van der Waals surface area contributed by atoms with Gasteiger partial charge in [-0.25, -0.2) is 0 Å². The first-order chi connectivity index (χ1) is 22.4. The Hall–Kier alpha value is -6.04. The van der Waals surface area contributed by atoms with E-state index in [-0.39, 0.29) is 25.7 Å². The minimum absolute atomic E-state index is 0.0197. The predicted molar refractivity (Wildman–Crippen MR) is 163 cm³/mol. The zero-order chi connectivity index (χ0) is 31.8. The molecule has 1 N–H and O–H groups in total. The van der Waals surface area contributed by atoms with E-state index in [9.17, 15) is 19.2 Å². The van der Waals surface area contributed by atoms with E-state index in [1.807, 2.05) is 0 Å². The number of hydrogen-bond donors (Lipinski definition) is 1. The second kappa shape index (κ2) is 11.8. The number of carbonyl (C=O) groups is 4. The number of benzene rings is 4. The highest BCUT2D eigenvalue weighted by Crippen LogP contribution is 2.38. The first kappa shape index (κ1) is 28.7. The summed E-state index contributed by atoms with van der Waals surface area (Å²) >= 11 is 0. The van der Waals surface area contributed by atoms with Crippen molar-refractivity contribution in [2.75, 3.05) is 37.5 Å². The topological polar surface area (TPSA) is 133 Å². The Morgan fingerprint density at radius 2 is 1.52 bits per heavy atom. The predicted octanol–water partition coefficient (Wildman–Crippen LogP) is 4.09. The molecule has 12 nitrogen and oxygen atoms in total. The molecule has 0 saturated carbocycles. The smallest absolute Gasteiger partial charge is 0.299 e. The van der Waals surface area contributed by atoms with E-state index in [0.717, 1.165) is 4.90 Å². The third-order valence-corrected chi connectivity index (χ3v) is 7.92. The first-order valence-corrected chi connectivity index (χ1v) is 14.4. The number of rotatable bonds is 9. The molecule has 0 aliphatic carbocycles. The molecule has 0 fully saturated rings. The quantitative estimate of drug-likeness (QED) is 0.275. The number of Topliss-reactive ketones (excluding diaryl/α,β-unsaturated/α-hetero) is 1. The van der Waals surface area contributed by atoms with E-state index in [1.54, 1.807) is 92.0 Å². The fourth-order valence-corrected chi connectivity index (χ4v) is 5.62. The average molecular weight is 622 g/mol. The van der Waals surface area contributed by atoms with Crippen molar-refractivity contribution in [1.29, 1.82) is 0 Å². The van der Waals surface area contributed by atoms with Gasteiger partial charge < -0.3 is 33.9 Å². The minimum Gasteiger partial charge on any atom is -0.497 e. The molecular weight excluding hydrogens is 594 g/mol. The van der Waals surface area contributed by atoms with Crippen LogP contribution in [-0.4, -0.2) is 55.6 Å². The molecule has 0 aromatic heterocycles. The number of nitrogens with one attached hydrogen (secondary N) is 1. The molecular formula is C34H27N3O9. The van der Waals surface area contributed by atoms with Gasteiger partial charge in [0.05, 0.1) is 18.4 Å². The lowest BCUT2D eigenvalue weighted by atomic mass is 10.0. The molecule has 0 bridgehead atoms. The van der Waals surface area contributed by atoms with Crippen LogP contribution in [-0.2, 0) is 20.9 Å². The van der Waals surface area contributed by atoms with Gasteiger partial charge in [-0.1, -0.05) is 30.3 Å². The van der Waals surface area contributed by atoms with E-state index in [4.69, 9.17) is 23.7 Å². The van der Waals surface area contributed by atoms with Crippen molar-refractivity contribution in [2.24, 2.45) is 0 Å². The summed E-state index contributed by atoms with van der Waals surface area (Å²) in [4.78, 5) is 57.0. The van der Waals surface area contributed by atoms with Crippen LogP contribution >= 0.6 is 0 Å². The Labute approximate surface area is 263 Å². The number of anilines is 2. The highest BCUT2D eigenvalue weighted by Gasteiger charge is 2.40. The molecule has 46 heavy (non-hydrogen) atoms. The van der Waals surface area contributed by atoms with Crippen molar-refractivity contribution in [2.45, 2.75) is 12.6 Å². The number of amides is 3. The maximum absolute atomic E-state index is 14.4. The van der Waals surface area contributed by atoms with Gasteiger partial charge in [0.2, 0.25) is 19.5 Å². The van der Waals surface area contributed by atoms with Gasteiger partial charge in [-0.2, -0.15) is 0 Å². The fourth-order valence-electron chi connectivity index (χ4n) is 5.62. The maximum atomic E-state index is 14.4. The summed E-state index contributed by atoms with van der Waals surface area (Å²) in [5.74, 6) is -0.0604. The summed E-state index contributed by atoms with van der Waals surface area (Å²) in [6.07, 6.45) is 0. The normalized spacial score (nSPS) is 14.6. The molecule has 1 unspecified atom stereocenters. The summed E-state index contributed by atoms with van der Waals surface area (Å²) in [5.41, 5.74) is 2.11. The number of fused-ring (bicyclic) bond motifs is 3. The van der Waals surface area contributed by atoms with E-state index in [2.05, 4.69) is 5.32 Å². The SMILES string of the molecule is COc1ccc(CN(C(=O)CN2C(=O)C(=O)c3ccccc32)C(C(=O)Nc2ccc3c(c2)OCO3)c2ccc3c(c2)OCO3)cc1. The van der Waals surface area contributed by atoms with Crippen LogP contribution in [0.4, 0.5) is 11.4 Å². The highest BCUT2D eigenvalue weighted by atomic mass is 16.7. The molecule has 1 atom stereocenters. The van der Waals surface area contributed by atoms with Crippen molar-refractivity contribution in [1.82, 2.24) is 4.90 Å². The maximum Gasteiger partial charge on any atom is 0.299 e. The molecule has 3 amide bonds. The van der Waals surface area contributed by atoms with Gasteiger partial charge in [-0.15, -0.1) is 0 Å². The zero-order valence-electron chi connectivity index (χ0n) is 24.6. The van der Waals surface area contributed by atoms with E-state index in [1.165, 1.54) is 4.90 Å². The van der Waals surface area contributed by atoms with Crippen LogP contribution in [0.25, 0.3) is 0 Å². The van der Waals surface area contributed by atoms with Crippen LogP contribution < -0.4 is 33.9 Å². The Bertz CT molecular complexity index is 1870. The van der Waals surface area contributed by atoms with Crippen molar-refractivity contribution in [3.05, 3.63) is 102 Å². The summed E-state index contributed by atoms with van der Waals surface area (Å²) in [5, 5.41) is 2.91. The molecule has 0 radical (unpaired) electrons. The number of ketones is 1. The fraction of sp³-hybridized carbons (Fsp3) is 0.176. The monoisotopic (exact) mass is 621 g/mol. The van der Waals surface area contributed by atoms with Gasteiger partial charge in [-0.05, 0) is 59.7 Å². The molecule has 4 aromatic rings. The molecule has 0 spiro atoms. The molecule has 232 valence electrons. The third kappa shape index (κ3) is 5.30. The third-order valence-electron chi connectivity index (χ3n) is 7.92. The first-order valence-electron chi connectivity index (χ1n) is 14.4. The molecule has 7 rings (SSSR count). The van der Waals surface area contributed by atoms with E-state index in [0.29, 0.717) is 51.2 Å². The average Bonchev–Trinajstić information content (AvgIpc) is 3.80. The second-order valence-corrected chi connectivity index (χ2v) is 10.7. The zero-order valence-corrected chi connectivity index (χ0v) is 24.6. The summed E-state index contributed by atoms with van der Waals surface area (Å²) in [6.45, 7) is -0.409. The van der Waals surface area contributed by atoms with E-state index >= 15 is 0 Å². The second-order valence-electron chi connectivity index (χ2n) is 10.7. The number of carbonyl (C=O) groups excluding carboxylic acids is 4. The molecule has 3 heterocycles. The van der Waals surface area contributed by atoms with Gasteiger partial charge in [-0.3, -0.25) is 24.1 Å². The van der Waals surface area contributed by atoms with Gasteiger partial charge in [0.1, 0.15) is 18.3 Å². The largest absolute Gasteiger partial charge is 0.497 e. The molecule has 12 heteroatoms. The van der Waals surface area contributed by atoms with Crippen LogP contribution in [0, 0.1) is 0 Å². The molecule has 4 aromatic carbocycles. The number of hydrogen-bond acceptors (Lipinski definition) is 9. The summed E-state index contributed by atoms with van der Waals surface area (Å²) < 4.78 is 27.3. The van der Waals surface area contributed by atoms with Crippen LogP contribution in [0.5, 0.6) is 28.7 Å². The van der Waals surface area contributed by atoms with E-state index < -0.39 is 36.1 Å². The Morgan fingerprint density at radius 1 is 0.848 bits per heavy atom. The van der Waals surface area contributed by atoms with Gasteiger partial charge in [0.25, 0.3) is 17.6 Å². The van der Waals surface area contributed by atoms with Crippen molar-refractivity contribution in [3.63, 3.8) is 0 Å². The van der Waals surface area contributed by atoms with Crippen molar-refractivity contribution in [3.8, 4) is 28.7 Å². The lowest BCUT2D eigenvalue weighted by Crippen LogP contribution is -2.46. The lowest BCUT2D eigenvalue weighted by Gasteiger charge is -2.33. The van der Waals surface area contributed by atoms with Crippen LogP contribution in [0.15, 0.2) is 84.9 Å². The summed E-state index contributed by atoms with van der Waals surface area (Å²) in [7, 11) is 1.55. The minimum atomic E-state index is -1.21. The lowest BCUT2D eigenvalue weighted by molar-refractivity contribution is -0.139. The van der Waals surface area contributed by atoms with Crippen LogP contribution in [0.2, 0.25) is 0 Å². The standard InChI is InChI=1S/C34H27N3O9/c1-42-23-10-6-20(7-11-23)16-37(30(38)17-36-25-5-3-2-4-24(25)32(39)34(36)41)31(21-8-12-26-28(14-21)45-18-43-26)33(40)35-22-9-13-27-29(15-22)46-19-44-27/h2-15,31H,16-19H2,1H3,(H,35,40). The van der Waals surface area contributed by atoms with Crippen molar-refractivity contribution < 1.29 is 42.9 Å².